The lowest BCUT2D eigenvalue weighted by Gasteiger charge is -1.99. The topological polar surface area (TPSA) is 12.9 Å². The second-order valence-corrected chi connectivity index (χ2v) is 4.10. The van der Waals surface area contributed by atoms with Crippen LogP contribution in [0.2, 0.25) is 10.3 Å². The summed E-state index contributed by atoms with van der Waals surface area (Å²) in [6, 6.07) is 1.89. The van der Waals surface area contributed by atoms with E-state index in [1.54, 1.807) is 0 Å². The third kappa shape index (κ3) is 1.35. The van der Waals surface area contributed by atoms with E-state index in [4.69, 9.17) is 23.2 Å². The molecule has 11 heavy (non-hydrogen) atoms. The van der Waals surface area contributed by atoms with Gasteiger partial charge in [0.2, 0.25) is 0 Å². The van der Waals surface area contributed by atoms with Crippen LogP contribution in [-0.2, 0) is 11.5 Å². The molecule has 1 aliphatic rings. The second-order valence-electron chi connectivity index (χ2n) is 2.37. The molecule has 2 rings (SSSR count). The Labute approximate surface area is 79.1 Å². The molecule has 0 atom stereocenters. The molecule has 1 aliphatic heterocycles. The smallest absolute Gasteiger partial charge is 0.135 e. The molecule has 0 saturated carbocycles. The number of thioether (sulfide) groups is 1. The maximum atomic E-state index is 5.87. The van der Waals surface area contributed by atoms with Crippen LogP contribution in [0.15, 0.2) is 6.07 Å². The lowest BCUT2D eigenvalue weighted by Crippen LogP contribution is -1.87. The van der Waals surface area contributed by atoms with Crippen LogP contribution in [0.3, 0.4) is 0 Å². The van der Waals surface area contributed by atoms with Crippen molar-refractivity contribution in [1.82, 2.24) is 4.98 Å². The van der Waals surface area contributed by atoms with Gasteiger partial charge in [-0.1, -0.05) is 23.2 Å². The van der Waals surface area contributed by atoms with Gasteiger partial charge in [-0.05, 0) is 11.6 Å². The summed E-state index contributed by atoms with van der Waals surface area (Å²) in [6.07, 6.45) is 0. The SMILES string of the molecule is Clc1cc2c(c(Cl)n1)CSC2. The van der Waals surface area contributed by atoms with Crippen molar-refractivity contribution in [2.24, 2.45) is 0 Å². The molecular formula is C7H5Cl2NS. The van der Waals surface area contributed by atoms with Crippen molar-refractivity contribution in [1.29, 1.82) is 0 Å². The molecule has 1 nitrogen and oxygen atoms in total. The zero-order valence-corrected chi connectivity index (χ0v) is 7.93. The number of pyridine rings is 1. The number of hydrogen-bond acceptors (Lipinski definition) is 2. The number of fused-ring (bicyclic) bond motifs is 1. The summed E-state index contributed by atoms with van der Waals surface area (Å²) in [5.41, 5.74) is 2.39. The Morgan fingerprint density at radius 2 is 2.18 bits per heavy atom. The van der Waals surface area contributed by atoms with E-state index in [1.165, 1.54) is 5.56 Å². The first kappa shape index (κ1) is 7.71. The molecule has 0 spiro atoms. The predicted molar refractivity (Wildman–Crippen MR) is 49.3 cm³/mol. The molecule has 4 heteroatoms. The van der Waals surface area contributed by atoms with Crippen LogP contribution in [0.5, 0.6) is 0 Å². The van der Waals surface area contributed by atoms with Crippen molar-refractivity contribution in [3.8, 4) is 0 Å². The first-order valence-corrected chi connectivity index (χ1v) is 5.10. The molecule has 1 aromatic rings. The lowest BCUT2D eigenvalue weighted by molar-refractivity contribution is 1.22. The Morgan fingerprint density at radius 3 is 3.00 bits per heavy atom. The van der Waals surface area contributed by atoms with E-state index in [-0.39, 0.29) is 0 Å². The van der Waals surface area contributed by atoms with Crippen LogP contribution in [0.1, 0.15) is 11.1 Å². The van der Waals surface area contributed by atoms with Gasteiger partial charge in [0.25, 0.3) is 0 Å². The van der Waals surface area contributed by atoms with Crippen molar-refractivity contribution in [3.63, 3.8) is 0 Å². The molecular weight excluding hydrogens is 201 g/mol. The quantitative estimate of drug-likeness (QED) is 0.605. The molecule has 0 amide bonds. The van der Waals surface area contributed by atoms with Gasteiger partial charge in [-0.3, -0.25) is 0 Å². The van der Waals surface area contributed by atoms with Crippen molar-refractivity contribution < 1.29 is 0 Å². The van der Waals surface area contributed by atoms with E-state index in [2.05, 4.69) is 4.98 Å². The largest absolute Gasteiger partial charge is 0.224 e. The molecule has 1 aromatic heterocycles. The van der Waals surface area contributed by atoms with Crippen LogP contribution in [0.4, 0.5) is 0 Å². The number of hydrogen-bond donors (Lipinski definition) is 0. The Morgan fingerprint density at radius 1 is 1.36 bits per heavy atom. The predicted octanol–water partition coefficient (Wildman–Crippen LogP) is 3.14. The van der Waals surface area contributed by atoms with E-state index < -0.39 is 0 Å². The summed E-state index contributed by atoms with van der Waals surface area (Å²) >= 11 is 13.4. The van der Waals surface area contributed by atoms with Crippen molar-refractivity contribution in [3.05, 3.63) is 27.5 Å². The summed E-state index contributed by atoms with van der Waals surface area (Å²) < 4.78 is 0. The molecule has 0 aliphatic carbocycles. The van der Waals surface area contributed by atoms with Crippen LogP contribution in [0.25, 0.3) is 0 Å². The molecule has 0 fully saturated rings. The van der Waals surface area contributed by atoms with Crippen molar-refractivity contribution >= 4 is 35.0 Å². The highest BCUT2D eigenvalue weighted by Gasteiger charge is 2.15. The summed E-state index contributed by atoms with van der Waals surface area (Å²) in [5.74, 6) is 1.98. The molecule has 0 N–H and O–H groups in total. The number of aromatic nitrogens is 1. The molecule has 0 radical (unpaired) electrons. The van der Waals surface area contributed by atoms with Gasteiger partial charge in [0.15, 0.2) is 0 Å². The van der Waals surface area contributed by atoms with Gasteiger partial charge < -0.3 is 0 Å². The fourth-order valence-electron chi connectivity index (χ4n) is 1.10. The average molecular weight is 206 g/mol. The minimum absolute atomic E-state index is 0.497. The van der Waals surface area contributed by atoms with Crippen LogP contribution >= 0.6 is 35.0 Å². The maximum absolute atomic E-state index is 5.87. The fourth-order valence-corrected chi connectivity index (χ4v) is 2.82. The Hall–Kier alpha value is 0.0800. The van der Waals surface area contributed by atoms with Crippen LogP contribution in [-0.4, -0.2) is 4.98 Å². The highest BCUT2D eigenvalue weighted by Crippen LogP contribution is 2.34. The van der Waals surface area contributed by atoms with E-state index in [0.717, 1.165) is 17.1 Å². The third-order valence-corrected chi connectivity index (χ3v) is 3.15. The summed E-state index contributed by atoms with van der Waals surface area (Å²) in [7, 11) is 0. The first-order valence-electron chi connectivity index (χ1n) is 3.19. The Kier molecular flexibility index (Phi) is 2.00. The van der Waals surface area contributed by atoms with E-state index in [0.29, 0.717) is 10.3 Å². The standard InChI is InChI=1S/C7H5Cl2NS/c8-6-1-4-2-11-3-5(4)7(9)10-6/h1H,2-3H2. The number of rotatable bonds is 0. The molecule has 2 heterocycles. The highest BCUT2D eigenvalue weighted by atomic mass is 35.5. The minimum Gasteiger partial charge on any atom is -0.224 e. The zero-order chi connectivity index (χ0) is 7.84. The highest BCUT2D eigenvalue weighted by molar-refractivity contribution is 7.98. The van der Waals surface area contributed by atoms with Gasteiger partial charge in [-0.25, -0.2) is 4.98 Å². The summed E-state index contributed by atoms with van der Waals surface area (Å²) in [4.78, 5) is 3.96. The van der Waals surface area contributed by atoms with E-state index >= 15 is 0 Å². The Balaban J connectivity index is 2.60. The number of nitrogens with zero attached hydrogens (tertiary/aromatic N) is 1. The first-order chi connectivity index (χ1) is 5.27. The van der Waals surface area contributed by atoms with Gasteiger partial charge >= 0.3 is 0 Å². The van der Waals surface area contributed by atoms with Gasteiger partial charge in [-0.15, -0.1) is 0 Å². The molecule has 58 valence electrons. The van der Waals surface area contributed by atoms with Gasteiger partial charge in [0.05, 0.1) is 0 Å². The van der Waals surface area contributed by atoms with Crippen LogP contribution in [0, 0.1) is 0 Å². The van der Waals surface area contributed by atoms with E-state index in [9.17, 15) is 0 Å². The van der Waals surface area contributed by atoms with Crippen molar-refractivity contribution in [2.45, 2.75) is 11.5 Å². The lowest BCUT2D eigenvalue weighted by atomic mass is 10.2. The number of halogens is 2. The molecule has 0 aromatic carbocycles. The summed E-state index contributed by atoms with van der Waals surface area (Å²) in [6.45, 7) is 0. The molecule has 0 bridgehead atoms. The van der Waals surface area contributed by atoms with Gasteiger partial charge in [0.1, 0.15) is 10.3 Å². The average Bonchev–Trinajstić information content (AvgIpc) is 2.34. The third-order valence-electron chi connectivity index (χ3n) is 1.64. The zero-order valence-electron chi connectivity index (χ0n) is 5.60. The minimum atomic E-state index is 0.497. The fraction of sp³-hybridized carbons (Fsp3) is 0.286. The normalized spacial score (nSPS) is 15.1. The monoisotopic (exact) mass is 205 g/mol. The maximum Gasteiger partial charge on any atom is 0.135 e. The second kappa shape index (κ2) is 2.85. The Bertz CT molecular complexity index is 301. The summed E-state index contributed by atoms with van der Waals surface area (Å²) in [5, 5.41) is 1.06. The molecule has 0 unspecified atom stereocenters. The van der Waals surface area contributed by atoms with Crippen LogP contribution < -0.4 is 0 Å². The van der Waals surface area contributed by atoms with Gasteiger partial charge in [0, 0.05) is 17.1 Å². The molecule has 0 saturated heterocycles. The van der Waals surface area contributed by atoms with Gasteiger partial charge in [-0.2, -0.15) is 11.8 Å². The van der Waals surface area contributed by atoms with E-state index in [1.807, 2.05) is 17.8 Å². The van der Waals surface area contributed by atoms with Crippen molar-refractivity contribution in [2.75, 3.05) is 0 Å².